The van der Waals surface area contributed by atoms with Crippen LogP contribution >= 0.6 is 0 Å². The Balaban J connectivity index is 0.000000339. The van der Waals surface area contributed by atoms with E-state index in [0.29, 0.717) is 6.54 Å². The number of fused-ring (bicyclic) bond motifs is 1. The lowest BCUT2D eigenvalue weighted by atomic mass is 10.1. The highest BCUT2D eigenvalue weighted by molar-refractivity contribution is 5.97. The molecule has 4 rings (SSSR count). The average Bonchev–Trinajstić information content (AvgIpc) is 3.19. The van der Waals surface area contributed by atoms with E-state index in [0.717, 1.165) is 40.2 Å². The van der Waals surface area contributed by atoms with Crippen LogP contribution in [-0.2, 0) is 6.42 Å². The summed E-state index contributed by atoms with van der Waals surface area (Å²) >= 11 is 0. The molecule has 3 N–H and O–H groups in total. The van der Waals surface area contributed by atoms with Crippen LogP contribution in [0.1, 0.15) is 27.3 Å². The number of aromatic amines is 1. The maximum atomic E-state index is 11.9. The van der Waals surface area contributed by atoms with Crippen molar-refractivity contribution in [3.8, 4) is 11.3 Å². The van der Waals surface area contributed by atoms with Crippen LogP contribution in [0.3, 0.4) is 0 Å². The minimum absolute atomic E-state index is 0.00972. The number of hydrogen-bond donors (Lipinski definition) is 3. The first-order chi connectivity index (χ1) is 14.7. The molecule has 0 radical (unpaired) electrons. The number of carbonyl (C=O) groups excluding carboxylic acids is 1. The summed E-state index contributed by atoms with van der Waals surface area (Å²) in [4.78, 5) is 23.7. The molecule has 0 fully saturated rings. The summed E-state index contributed by atoms with van der Waals surface area (Å²) in [6.07, 6.45) is 5.46. The van der Waals surface area contributed by atoms with Crippen LogP contribution in [0.25, 0.3) is 23.4 Å². The van der Waals surface area contributed by atoms with Crippen molar-refractivity contribution in [2.75, 3.05) is 6.54 Å². The van der Waals surface area contributed by atoms with Crippen molar-refractivity contribution in [2.45, 2.75) is 12.6 Å². The number of carbonyl (C=O) groups is 1. The number of halogens is 3. The zero-order chi connectivity index (χ0) is 22.4. The maximum Gasteiger partial charge on any atom is 0.448 e. The first-order valence-electron chi connectivity index (χ1n) is 9.23. The maximum absolute atomic E-state index is 11.9. The van der Waals surface area contributed by atoms with Gasteiger partial charge in [-0.25, -0.2) is 0 Å². The zero-order valence-corrected chi connectivity index (χ0v) is 16.3. The third-order valence-electron chi connectivity index (χ3n) is 4.35. The van der Waals surface area contributed by atoms with Gasteiger partial charge in [-0.15, -0.1) is 0 Å². The van der Waals surface area contributed by atoms with E-state index in [-0.39, 0.29) is 5.91 Å². The molecular weight excluding hydrogens is 409 g/mol. The van der Waals surface area contributed by atoms with Crippen LogP contribution in [0, 0.1) is 0 Å². The topological polar surface area (TPSA) is 90.9 Å². The van der Waals surface area contributed by atoms with E-state index in [1.807, 2.05) is 42.5 Å². The second-order valence-electron chi connectivity index (χ2n) is 6.61. The first-order valence-corrected chi connectivity index (χ1v) is 9.23. The van der Waals surface area contributed by atoms with Gasteiger partial charge in [-0.3, -0.25) is 14.8 Å². The van der Waals surface area contributed by atoms with Gasteiger partial charge in [-0.2, -0.15) is 13.2 Å². The van der Waals surface area contributed by atoms with Crippen LogP contribution in [0.15, 0.2) is 61.3 Å². The molecule has 0 saturated carbocycles. The molecule has 1 aliphatic heterocycles. The van der Waals surface area contributed by atoms with Gasteiger partial charge in [0, 0.05) is 48.5 Å². The molecule has 1 aliphatic rings. The van der Waals surface area contributed by atoms with E-state index in [9.17, 15) is 18.0 Å². The van der Waals surface area contributed by atoms with E-state index < -0.39 is 11.9 Å². The number of H-pyrrole nitrogens is 1. The third kappa shape index (κ3) is 5.81. The number of alkyl halides is 3. The number of nitrogens with one attached hydrogen (secondary N) is 2. The van der Waals surface area contributed by atoms with E-state index in [4.69, 9.17) is 5.11 Å². The molecule has 31 heavy (non-hydrogen) atoms. The molecule has 0 atom stereocenters. The normalized spacial score (nSPS) is 13.2. The molecule has 3 aromatic rings. The number of rotatable bonds is 3. The van der Waals surface area contributed by atoms with Crippen LogP contribution in [0.5, 0.6) is 0 Å². The van der Waals surface area contributed by atoms with Gasteiger partial charge in [0.1, 0.15) is 0 Å². The molecule has 0 bridgehead atoms. The van der Waals surface area contributed by atoms with Gasteiger partial charge < -0.3 is 15.4 Å². The van der Waals surface area contributed by atoms with Crippen LogP contribution in [-0.4, -0.2) is 38.7 Å². The molecule has 4 heterocycles. The van der Waals surface area contributed by atoms with Crippen molar-refractivity contribution < 1.29 is 23.1 Å². The summed E-state index contributed by atoms with van der Waals surface area (Å²) in [5, 5.41) is 10.4. The number of nitrogens with zero attached hydrogens (tertiary/aromatic N) is 2. The van der Waals surface area contributed by atoms with Crippen molar-refractivity contribution in [1.29, 1.82) is 0 Å². The van der Waals surface area contributed by atoms with E-state index in [2.05, 4.69) is 26.8 Å². The molecule has 0 aliphatic carbocycles. The summed E-state index contributed by atoms with van der Waals surface area (Å²) in [7, 11) is 0. The molecule has 0 spiro atoms. The third-order valence-corrected chi connectivity index (χ3v) is 4.35. The van der Waals surface area contributed by atoms with E-state index in [1.54, 1.807) is 18.6 Å². The minimum atomic E-state index is -4.64. The minimum Gasteiger partial charge on any atom is -0.505 e. The number of hydrogen-bond acceptors (Lipinski definition) is 4. The summed E-state index contributed by atoms with van der Waals surface area (Å²) in [5.41, 5.74) is 5.57. The zero-order valence-electron chi connectivity index (χ0n) is 16.3. The smallest absolute Gasteiger partial charge is 0.448 e. The fraction of sp³-hybridized carbons (Fsp3) is 0.136. The summed E-state index contributed by atoms with van der Waals surface area (Å²) < 4.78 is 32.5. The number of amides is 1. The van der Waals surface area contributed by atoms with Gasteiger partial charge in [0.2, 0.25) is 0 Å². The number of aliphatic hydroxyl groups is 1. The summed E-state index contributed by atoms with van der Waals surface area (Å²) in [5.74, 6) is -1.77. The number of allylic oxidation sites excluding steroid dienone is 1. The second-order valence-corrected chi connectivity index (χ2v) is 6.61. The predicted molar refractivity (Wildman–Crippen MR) is 111 cm³/mol. The Morgan fingerprint density at radius 1 is 1.19 bits per heavy atom. The van der Waals surface area contributed by atoms with Crippen molar-refractivity contribution in [1.82, 2.24) is 20.3 Å². The average molecular weight is 428 g/mol. The van der Waals surface area contributed by atoms with Gasteiger partial charge >= 0.3 is 6.18 Å². The SMILES string of the molecule is C=C(O)C(F)(F)F.O=C1NCCc2[nH]c(-c3ccnc(/C=C/c4cccnc4)c3)cc21. The molecular formula is C22H19F3N4O2. The molecule has 1 amide bonds. The predicted octanol–water partition coefficient (Wildman–Crippen LogP) is 4.55. The number of aromatic nitrogens is 3. The highest BCUT2D eigenvalue weighted by Crippen LogP contribution is 2.24. The summed E-state index contributed by atoms with van der Waals surface area (Å²) in [6, 6.07) is 9.75. The molecule has 160 valence electrons. The molecule has 0 aromatic carbocycles. The van der Waals surface area contributed by atoms with Gasteiger partial charge in [0.05, 0.1) is 11.3 Å². The Morgan fingerprint density at radius 3 is 2.61 bits per heavy atom. The molecule has 6 nitrogen and oxygen atoms in total. The Labute approximate surface area is 176 Å². The largest absolute Gasteiger partial charge is 0.505 e. The van der Waals surface area contributed by atoms with E-state index in [1.165, 1.54) is 0 Å². The molecule has 0 saturated heterocycles. The highest BCUT2D eigenvalue weighted by atomic mass is 19.4. The molecule has 9 heteroatoms. The van der Waals surface area contributed by atoms with Gasteiger partial charge in [-0.1, -0.05) is 18.7 Å². The fourth-order valence-corrected chi connectivity index (χ4v) is 2.81. The number of pyridine rings is 2. The monoisotopic (exact) mass is 428 g/mol. The molecule has 3 aromatic heterocycles. The van der Waals surface area contributed by atoms with Crippen molar-refractivity contribution in [3.63, 3.8) is 0 Å². The van der Waals surface area contributed by atoms with Crippen LogP contribution in [0.2, 0.25) is 0 Å². The van der Waals surface area contributed by atoms with Gasteiger partial charge in [0.15, 0.2) is 5.76 Å². The van der Waals surface area contributed by atoms with Crippen molar-refractivity contribution in [3.05, 3.63) is 83.8 Å². The Hall–Kier alpha value is -3.88. The lowest BCUT2D eigenvalue weighted by Gasteiger charge is -2.10. The van der Waals surface area contributed by atoms with Crippen molar-refractivity contribution in [2.24, 2.45) is 0 Å². The lowest BCUT2D eigenvalue weighted by Crippen LogP contribution is -2.31. The lowest BCUT2D eigenvalue weighted by molar-refractivity contribution is -0.119. The van der Waals surface area contributed by atoms with Gasteiger partial charge in [-0.05, 0) is 35.9 Å². The van der Waals surface area contributed by atoms with Crippen LogP contribution in [0.4, 0.5) is 13.2 Å². The van der Waals surface area contributed by atoms with Crippen molar-refractivity contribution >= 4 is 18.1 Å². The van der Waals surface area contributed by atoms with Gasteiger partial charge in [0.25, 0.3) is 5.91 Å². The standard InChI is InChI=1S/C19H16N4O.C3H3F3O/c24-19-16-11-18(23-17(16)6-9-22-19)14-5-8-21-15(10-14)4-3-13-2-1-7-20-12-13;1-2(7)3(4,5)6/h1-5,7-8,10-12,23H,6,9H2,(H,22,24);7H,1H2/b4-3+;. The fourth-order valence-electron chi connectivity index (χ4n) is 2.81. The van der Waals surface area contributed by atoms with Crippen LogP contribution < -0.4 is 5.32 Å². The highest BCUT2D eigenvalue weighted by Gasteiger charge is 2.31. The Morgan fingerprint density at radius 2 is 1.97 bits per heavy atom. The number of aliphatic hydroxyl groups excluding tert-OH is 1. The Bertz CT molecular complexity index is 1110. The molecule has 0 unspecified atom stereocenters. The summed E-state index contributed by atoms with van der Waals surface area (Å²) in [6.45, 7) is 2.94. The van der Waals surface area contributed by atoms with E-state index >= 15 is 0 Å². The first kappa shape index (κ1) is 21.8. The quantitative estimate of drug-likeness (QED) is 0.534. The second kappa shape index (κ2) is 9.29. The Kier molecular flexibility index (Phi) is 6.54.